The summed E-state index contributed by atoms with van der Waals surface area (Å²) in [5.41, 5.74) is 2.04. The predicted molar refractivity (Wildman–Crippen MR) is 129 cm³/mol. The smallest absolute Gasteiger partial charge is 0.260 e. The lowest BCUT2D eigenvalue weighted by molar-refractivity contribution is 0.266. The molecule has 2 aromatic carbocycles. The molecular formula is C25H22ClFN2O3S. The summed E-state index contributed by atoms with van der Waals surface area (Å²) >= 11 is 7.72. The highest BCUT2D eigenvalue weighted by Crippen LogP contribution is 2.36. The van der Waals surface area contributed by atoms with E-state index in [9.17, 15) is 9.18 Å². The molecule has 0 amide bonds. The Bertz CT molecular complexity index is 1380. The van der Waals surface area contributed by atoms with Crippen molar-refractivity contribution in [1.82, 2.24) is 9.97 Å². The second kappa shape index (κ2) is 9.15. The SMILES string of the molecule is CCOc1cc(-c2nc3sc4c(c3c(=O)[nH]2)CCCC4)ccc1OCc1c(F)cccc1Cl. The number of ether oxygens (including phenoxy) is 2. The van der Waals surface area contributed by atoms with Crippen LogP contribution in [0.4, 0.5) is 4.39 Å². The molecule has 0 radical (unpaired) electrons. The Hall–Kier alpha value is -2.90. The molecule has 33 heavy (non-hydrogen) atoms. The third-order valence-corrected chi connectivity index (χ3v) is 7.32. The topological polar surface area (TPSA) is 64.2 Å². The maximum atomic E-state index is 14.1. The van der Waals surface area contributed by atoms with E-state index in [1.807, 2.05) is 6.92 Å². The van der Waals surface area contributed by atoms with Gasteiger partial charge in [-0.25, -0.2) is 9.37 Å². The first-order valence-electron chi connectivity index (χ1n) is 10.9. The summed E-state index contributed by atoms with van der Waals surface area (Å²) in [5.74, 6) is 0.993. The Morgan fingerprint density at radius 3 is 2.82 bits per heavy atom. The van der Waals surface area contributed by atoms with Gasteiger partial charge in [0.15, 0.2) is 11.5 Å². The highest BCUT2D eigenvalue weighted by Gasteiger charge is 2.20. The maximum absolute atomic E-state index is 14.1. The molecular weight excluding hydrogens is 463 g/mol. The minimum Gasteiger partial charge on any atom is -0.490 e. The molecule has 1 aliphatic rings. The van der Waals surface area contributed by atoms with Crippen LogP contribution in [-0.4, -0.2) is 16.6 Å². The fraction of sp³-hybridized carbons (Fsp3) is 0.280. The second-order valence-electron chi connectivity index (χ2n) is 7.89. The van der Waals surface area contributed by atoms with Gasteiger partial charge in [-0.05, 0) is 68.5 Å². The number of fused-ring (bicyclic) bond motifs is 3. The van der Waals surface area contributed by atoms with Gasteiger partial charge in [0.05, 0.1) is 17.0 Å². The molecule has 2 heterocycles. The number of aryl methyl sites for hydroxylation is 2. The first-order valence-corrected chi connectivity index (χ1v) is 12.1. The summed E-state index contributed by atoms with van der Waals surface area (Å²) in [6.07, 6.45) is 4.21. The van der Waals surface area contributed by atoms with Crippen LogP contribution in [-0.2, 0) is 19.4 Å². The molecule has 4 aromatic rings. The standard InChI is InChI=1S/C25H22ClFN2O3S/c1-2-31-20-12-14(10-11-19(20)32-13-16-17(26)7-5-8-18(16)27)23-28-24(30)22-15-6-3-4-9-21(15)33-25(22)29-23/h5,7-8,10-12H,2-4,6,9,13H2,1H3,(H,28,29,30). The highest BCUT2D eigenvalue weighted by atomic mass is 35.5. The molecule has 2 aromatic heterocycles. The molecule has 0 fully saturated rings. The van der Waals surface area contributed by atoms with Gasteiger partial charge < -0.3 is 14.5 Å². The van der Waals surface area contributed by atoms with E-state index in [2.05, 4.69) is 4.98 Å². The predicted octanol–water partition coefficient (Wildman–Crippen LogP) is 6.30. The van der Waals surface area contributed by atoms with Crippen LogP contribution < -0.4 is 15.0 Å². The van der Waals surface area contributed by atoms with Gasteiger partial charge in [-0.1, -0.05) is 17.7 Å². The Kier molecular flexibility index (Phi) is 6.08. The molecule has 8 heteroatoms. The van der Waals surface area contributed by atoms with Crippen LogP contribution in [0.3, 0.4) is 0 Å². The van der Waals surface area contributed by atoms with Crippen LogP contribution in [0.5, 0.6) is 11.5 Å². The lowest BCUT2D eigenvalue weighted by Crippen LogP contribution is -2.11. The molecule has 0 saturated carbocycles. The molecule has 0 atom stereocenters. The van der Waals surface area contributed by atoms with Crippen LogP contribution in [0.2, 0.25) is 5.02 Å². The number of nitrogens with zero attached hydrogens (tertiary/aromatic N) is 1. The highest BCUT2D eigenvalue weighted by molar-refractivity contribution is 7.18. The van der Waals surface area contributed by atoms with Crippen LogP contribution in [0.15, 0.2) is 41.2 Å². The number of thiophene rings is 1. The van der Waals surface area contributed by atoms with Crippen molar-refractivity contribution in [2.24, 2.45) is 0 Å². The zero-order chi connectivity index (χ0) is 22.9. The normalized spacial score (nSPS) is 13.2. The van der Waals surface area contributed by atoms with Gasteiger partial charge in [-0.3, -0.25) is 4.79 Å². The van der Waals surface area contributed by atoms with Crippen molar-refractivity contribution < 1.29 is 13.9 Å². The number of benzene rings is 2. The van der Waals surface area contributed by atoms with Crippen molar-refractivity contribution in [3.05, 3.63) is 73.6 Å². The first-order chi connectivity index (χ1) is 16.0. The molecule has 1 N–H and O–H groups in total. The van der Waals surface area contributed by atoms with Gasteiger partial charge >= 0.3 is 0 Å². The van der Waals surface area contributed by atoms with Gasteiger partial charge in [0.1, 0.15) is 23.1 Å². The Morgan fingerprint density at radius 2 is 2.00 bits per heavy atom. The number of aromatic amines is 1. The number of halogens is 2. The van der Waals surface area contributed by atoms with E-state index < -0.39 is 5.82 Å². The van der Waals surface area contributed by atoms with Crippen molar-refractivity contribution in [3.8, 4) is 22.9 Å². The van der Waals surface area contributed by atoms with E-state index in [-0.39, 0.29) is 17.7 Å². The molecule has 1 aliphatic carbocycles. The maximum Gasteiger partial charge on any atom is 0.260 e. The second-order valence-corrected chi connectivity index (χ2v) is 9.38. The monoisotopic (exact) mass is 484 g/mol. The van der Waals surface area contributed by atoms with E-state index in [0.29, 0.717) is 34.5 Å². The Morgan fingerprint density at radius 1 is 1.15 bits per heavy atom. The summed E-state index contributed by atoms with van der Waals surface area (Å²) in [6.45, 7) is 2.25. The summed E-state index contributed by atoms with van der Waals surface area (Å²) in [4.78, 5) is 22.7. The van der Waals surface area contributed by atoms with E-state index in [0.717, 1.165) is 41.5 Å². The fourth-order valence-corrected chi connectivity index (χ4v) is 5.64. The summed E-state index contributed by atoms with van der Waals surface area (Å²) < 4.78 is 25.7. The quantitative estimate of drug-likeness (QED) is 0.349. The van der Waals surface area contributed by atoms with Crippen molar-refractivity contribution in [1.29, 1.82) is 0 Å². The molecule has 0 bridgehead atoms. The van der Waals surface area contributed by atoms with Gasteiger partial charge in [-0.2, -0.15) is 0 Å². The Balaban J connectivity index is 1.48. The number of H-pyrrole nitrogens is 1. The number of nitrogens with one attached hydrogen (secondary N) is 1. The van der Waals surface area contributed by atoms with Crippen LogP contribution in [0.25, 0.3) is 21.6 Å². The summed E-state index contributed by atoms with van der Waals surface area (Å²) in [7, 11) is 0. The molecule has 0 saturated heterocycles. The average Bonchev–Trinajstić information content (AvgIpc) is 3.18. The number of aromatic nitrogens is 2. The molecule has 0 spiro atoms. The molecule has 0 unspecified atom stereocenters. The third kappa shape index (κ3) is 4.23. The minimum absolute atomic E-state index is 0.0350. The zero-order valence-electron chi connectivity index (χ0n) is 18.0. The third-order valence-electron chi connectivity index (χ3n) is 5.78. The lowest BCUT2D eigenvalue weighted by atomic mass is 9.97. The summed E-state index contributed by atoms with van der Waals surface area (Å²) in [6, 6.07) is 9.83. The van der Waals surface area contributed by atoms with Gasteiger partial charge in [0.25, 0.3) is 5.56 Å². The fourth-order valence-electron chi connectivity index (χ4n) is 4.16. The van der Waals surface area contributed by atoms with Crippen molar-refractivity contribution in [3.63, 3.8) is 0 Å². The van der Waals surface area contributed by atoms with Gasteiger partial charge in [-0.15, -0.1) is 11.3 Å². The van der Waals surface area contributed by atoms with E-state index in [1.165, 1.54) is 10.9 Å². The van der Waals surface area contributed by atoms with Crippen LogP contribution in [0.1, 0.15) is 35.8 Å². The molecule has 5 rings (SSSR count). The van der Waals surface area contributed by atoms with Crippen molar-refractivity contribution >= 4 is 33.2 Å². The van der Waals surface area contributed by atoms with E-state index in [1.54, 1.807) is 41.7 Å². The van der Waals surface area contributed by atoms with Crippen molar-refractivity contribution in [2.75, 3.05) is 6.61 Å². The molecule has 0 aliphatic heterocycles. The largest absolute Gasteiger partial charge is 0.490 e. The Labute approximate surface area is 199 Å². The van der Waals surface area contributed by atoms with Crippen LogP contribution in [0, 0.1) is 5.82 Å². The molecule has 5 nitrogen and oxygen atoms in total. The first kappa shape index (κ1) is 21.9. The average molecular weight is 485 g/mol. The van der Waals surface area contributed by atoms with Gasteiger partial charge in [0.2, 0.25) is 0 Å². The van der Waals surface area contributed by atoms with E-state index >= 15 is 0 Å². The zero-order valence-corrected chi connectivity index (χ0v) is 19.6. The number of hydrogen-bond acceptors (Lipinski definition) is 5. The van der Waals surface area contributed by atoms with Crippen molar-refractivity contribution in [2.45, 2.75) is 39.2 Å². The molecule has 170 valence electrons. The lowest BCUT2D eigenvalue weighted by Gasteiger charge is -2.14. The number of rotatable bonds is 6. The van der Waals surface area contributed by atoms with Gasteiger partial charge in [0, 0.05) is 16.0 Å². The minimum atomic E-state index is -0.425. The van der Waals surface area contributed by atoms with E-state index in [4.69, 9.17) is 26.1 Å². The van der Waals surface area contributed by atoms with Crippen LogP contribution >= 0.6 is 22.9 Å². The number of hydrogen-bond donors (Lipinski definition) is 1. The summed E-state index contributed by atoms with van der Waals surface area (Å²) in [5, 5.41) is 1.03.